The Morgan fingerprint density at radius 3 is 3.07 bits per heavy atom. The molecule has 2 aromatic rings. The lowest BCUT2D eigenvalue weighted by Gasteiger charge is -2.02. The Morgan fingerprint density at radius 1 is 1.40 bits per heavy atom. The second kappa shape index (κ2) is 2.73. The van der Waals surface area contributed by atoms with E-state index in [2.05, 4.69) is 15.0 Å². The van der Waals surface area contributed by atoms with Crippen LogP contribution in [0.4, 0.5) is 0 Å². The van der Waals surface area contributed by atoms with Crippen molar-refractivity contribution in [3.63, 3.8) is 0 Å². The van der Waals surface area contributed by atoms with Gasteiger partial charge in [-0.2, -0.15) is 0 Å². The first-order valence-corrected chi connectivity index (χ1v) is 4.58. The first kappa shape index (κ1) is 8.28. The molecule has 0 bridgehead atoms. The van der Waals surface area contributed by atoms with Gasteiger partial charge in [0.1, 0.15) is 12.2 Å². The van der Waals surface area contributed by atoms with Gasteiger partial charge >= 0.3 is 5.97 Å². The van der Waals surface area contributed by atoms with Crippen LogP contribution >= 0.6 is 0 Å². The first-order valence-electron chi connectivity index (χ1n) is 4.58. The van der Waals surface area contributed by atoms with Crippen molar-refractivity contribution >= 4 is 16.9 Å². The molecule has 0 aliphatic heterocycles. The summed E-state index contributed by atoms with van der Waals surface area (Å²) in [5.41, 5.74) is 2.15. The number of carbonyl (C=O) groups is 1. The van der Waals surface area contributed by atoms with E-state index in [1.54, 1.807) is 12.3 Å². The molecule has 0 radical (unpaired) electrons. The van der Waals surface area contributed by atoms with E-state index < -0.39 is 11.9 Å². The standard InChI is InChI=1S/C10H7N3O2/c14-10(15)5-3-7-8-6(1-2-11-7)12-4-13-9(5)8/h1-2,4-5H,3H2,(H,14,15). The van der Waals surface area contributed by atoms with E-state index in [1.807, 2.05) is 0 Å². The van der Waals surface area contributed by atoms with E-state index in [0.29, 0.717) is 12.1 Å². The van der Waals surface area contributed by atoms with Crippen LogP contribution in [-0.2, 0) is 11.2 Å². The largest absolute Gasteiger partial charge is 0.481 e. The topological polar surface area (TPSA) is 76.0 Å². The molecular formula is C10H7N3O2. The van der Waals surface area contributed by atoms with Gasteiger partial charge in [-0.15, -0.1) is 0 Å². The highest BCUT2D eigenvalue weighted by atomic mass is 16.4. The highest BCUT2D eigenvalue weighted by Crippen LogP contribution is 2.34. The maximum Gasteiger partial charge on any atom is 0.313 e. The first-order chi connectivity index (χ1) is 7.27. The van der Waals surface area contributed by atoms with Crippen molar-refractivity contribution < 1.29 is 9.90 Å². The summed E-state index contributed by atoms with van der Waals surface area (Å²) in [4.78, 5) is 23.3. The lowest BCUT2D eigenvalue weighted by atomic mass is 10.1. The van der Waals surface area contributed by atoms with E-state index in [0.717, 1.165) is 16.6 Å². The average Bonchev–Trinajstić information content (AvgIpc) is 2.61. The van der Waals surface area contributed by atoms with Crippen LogP contribution in [0.3, 0.4) is 0 Å². The fourth-order valence-corrected chi connectivity index (χ4v) is 2.01. The summed E-state index contributed by atoms with van der Waals surface area (Å²) in [5.74, 6) is -1.42. The molecule has 0 aromatic carbocycles. The monoisotopic (exact) mass is 201 g/mol. The van der Waals surface area contributed by atoms with Gasteiger partial charge in [0.15, 0.2) is 0 Å². The van der Waals surface area contributed by atoms with Crippen molar-refractivity contribution in [1.29, 1.82) is 0 Å². The predicted octanol–water partition coefficient (Wildman–Crippen LogP) is 0.749. The fourth-order valence-electron chi connectivity index (χ4n) is 2.01. The molecule has 1 atom stereocenters. The van der Waals surface area contributed by atoms with Gasteiger partial charge in [-0.1, -0.05) is 0 Å². The molecule has 5 nitrogen and oxygen atoms in total. The summed E-state index contributed by atoms with van der Waals surface area (Å²) in [6.45, 7) is 0. The summed E-state index contributed by atoms with van der Waals surface area (Å²) in [7, 11) is 0. The van der Waals surface area contributed by atoms with Crippen molar-refractivity contribution in [2.75, 3.05) is 0 Å². The molecule has 0 fully saturated rings. The molecule has 2 heterocycles. The molecule has 0 saturated carbocycles. The maximum absolute atomic E-state index is 11.0. The molecular weight excluding hydrogens is 194 g/mol. The van der Waals surface area contributed by atoms with Gasteiger partial charge in [-0.3, -0.25) is 9.78 Å². The zero-order valence-corrected chi connectivity index (χ0v) is 7.71. The summed E-state index contributed by atoms with van der Waals surface area (Å²) in [6.07, 6.45) is 3.47. The van der Waals surface area contributed by atoms with Crippen LogP contribution in [-0.4, -0.2) is 26.0 Å². The van der Waals surface area contributed by atoms with Gasteiger partial charge in [-0.05, 0) is 6.07 Å². The summed E-state index contributed by atoms with van der Waals surface area (Å²) < 4.78 is 0. The molecule has 15 heavy (non-hydrogen) atoms. The Bertz CT molecular complexity index is 562. The second-order valence-electron chi connectivity index (χ2n) is 3.51. The molecule has 1 unspecified atom stereocenters. The van der Waals surface area contributed by atoms with Crippen molar-refractivity contribution in [2.24, 2.45) is 0 Å². The van der Waals surface area contributed by atoms with Crippen molar-refractivity contribution in [2.45, 2.75) is 12.3 Å². The van der Waals surface area contributed by atoms with Crippen LogP contribution in [0.15, 0.2) is 18.6 Å². The van der Waals surface area contributed by atoms with Crippen LogP contribution in [0.1, 0.15) is 17.3 Å². The second-order valence-corrected chi connectivity index (χ2v) is 3.51. The summed E-state index contributed by atoms with van der Waals surface area (Å²) in [6, 6.07) is 1.77. The van der Waals surface area contributed by atoms with Crippen LogP contribution in [0.25, 0.3) is 10.9 Å². The zero-order valence-electron chi connectivity index (χ0n) is 7.71. The quantitative estimate of drug-likeness (QED) is 0.736. The van der Waals surface area contributed by atoms with E-state index in [1.165, 1.54) is 6.33 Å². The number of carboxylic acids is 1. The van der Waals surface area contributed by atoms with Crippen LogP contribution < -0.4 is 0 Å². The van der Waals surface area contributed by atoms with Gasteiger partial charge in [-0.25, -0.2) is 9.97 Å². The Labute approximate surface area is 84.8 Å². The number of aromatic nitrogens is 3. The normalized spacial score (nSPS) is 18.3. The lowest BCUT2D eigenvalue weighted by Crippen LogP contribution is -2.11. The Morgan fingerprint density at radius 2 is 2.27 bits per heavy atom. The Kier molecular flexibility index (Phi) is 1.50. The third-order valence-electron chi connectivity index (χ3n) is 2.68. The molecule has 1 N–H and O–H groups in total. The number of aliphatic carboxylic acids is 1. The Balaban J connectivity index is 2.36. The third kappa shape index (κ3) is 1.03. The number of rotatable bonds is 1. The molecule has 1 aliphatic carbocycles. The molecule has 0 spiro atoms. The minimum Gasteiger partial charge on any atom is -0.481 e. The molecule has 74 valence electrons. The minimum absolute atomic E-state index is 0.417. The number of hydrogen-bond donors (Lipinski definition) is 1. The van der Waals surface area contributed by atoms with Crippen LogP contribution in [0.2, 0.25) is 0 Å². The van der Waals surface area contributed by atoms with E-state index in [-0.39, 0.29) is 0 Å². The SMILES string of the molecule is O=C(O)C1Cc2nccc3ncnc1c23. The van der Waals surface area contributed by atoms with Crippen molar-refractivity contribution in [3.8, 4) is 0 Å². The molecule has 0 amide bonds. The molecule has 5 heteroatoms. The van der Waals surface area contributed by atoms with Gasteiger partial charge in [0, 0.05) is 18.0 Å². The van der Waals surface area contributed by atoms with Gasteiger partial charge in [0.05, 0.1) is 16.9 Å². The number of hydrogen-bond acceptors (Lipinski definition) is 4. The Hall–Kier alpha value is -2.04. The third-order valence-corrected chi connectivity index (χ3v) is 2.68. The maximum atomic E-state index is 11.0. The minimum atomic E-state index is -0.854. The highest BCUT2D eigenvalue weighted by Gasteiger charge is 2.32. The fraction of sp³-hybridized carbons (Fsp3) is 0.200. The van der Waals surface area contributed by atoms with E-state index in [9.17, 15) is 4.79 Å². The van der Waals surface area contributed by atoms with E-state index in [4.69, 9.17) is 5.11 Å². The van der Waals surface area contributed by atoms with E-state index >= 15 is 0 Å². The average molecular weight is 201 g/mol. The van der Waals surface area contributed by atoms with Crippen LogP contribution in [0.5, 0.6) is 0 Å². The summed E-state index contributed by atoms with van der Waals surface area (Å²) >= 11 is 0. The van der Waals surface area contributed by atoms with Gasteiger partial charge in [0.2, 0.25) is 0 Å². The van der Waals surface area contributed by atoms with Crippen molar-refractivity contribution in [1.82, 2.24) is 15.0 Å². The van der Waals surface area contributed by atoms with Crippen molar-refractivity contribution in [3.05, 3.63) is 30.0 Å². The lowest BCUT2D eigenvalue weighted by molar-refractivity contribution is -0.138. The highest BCUT2D eigenvalue weighted by molar-refractivity contribution is 5.92. The predicted molar refractivity (Wildman–Crippen MR) is 51.4 cm³/mol. The molecule has 1 aliphatic rings. The molecule has 0 saturated heterocycles. The van der Waals surface area contributed by atoms with Gasteiger partial charge in [0.25, 0.3) is 0 Å². The molecule has 3 rings (SSSR count). The number of carboxylic acid groups (broad SMARTS) is 1. The number of nitrogens with zero attached hydrogens (tertiary/aromatic N) is 3. The zero-order chi connectivity index (χ0) is 10.4. The van der Waals surface area contributed by atoms with Gasteiger partial charge < -0.3 is 5.11 Å². The number of pyridine rings is 1. The summed E-state index contributed by atoms with van der Waals surface area (Å²) in [5, 5.41) is 9.86. The smallest absolute Gasteiger partial charge is 0.313 e. The van der Waals surface area contributed by atoms with Crippen LogP contribution in [0, 0.1) is 0 Å². The molecule has 2 aromatic heterocycles.